The van der Waals surface area contributed by atoms with Crippen molar-refractivity contribution in [2.75, 3.05) is 6.26 Å². The van der Waals surface area contributed by atoms with Gasteiger partial charge in [-0.15, -0.1) is 0 Å². The van der Waals surface area contributed by atoms with Gasteiger partial charge in [-0.2, -0.15) is 0 Å². The molecule has 118 valence electrons. The maximum atomic E-state index is 12.0. The van der Waals surface area contributed by atoms with E-state index >= 15 is 0 Å². The molecule has 0 heterocycles. The summed E-state index contributed by atoms with van der Waals surface area (Å²) in [6, 6.07) is 17.3. The van der Waals surface area contributed by atoms with Gasteiger partial charge in [-0.05, 0) is 17.7 Å². The predicted octanol–water partition coefficient (Wildman–Crippen LogP) is 2.59. The highest BCUT2D eigenvalue weighted by Gasteiger charge is 2.29. The van der Waals surface area contributed by atoms with E-state index in [9.17, 15) is 13.2 Å². The Bertz CT molecular complexity index is 834. The summed E-state index contributed by atoms with van der Waals surface area (Å²) in [5.41, 5.74) is 1.40. The Morgan fingerprint density at radius 1 is 1.00 bits per heavy atom. The van der Waals surface area contributed by atoms with Crippen molar-refractivity contribution in [3.63, 3.8) is 0 Å². The van der Waals surface area contributed by atoms with Gasteiger partial charge in [-0.3, -0.25) is 4.79 Å². The molecule has 1 amide bonds. The van der Waals surface area contributed by atoms with Crippen molar-refractivity contribution in [2.45, 2.75) is 13.0 Å². The standard InChI is InChI=1S/C18H17NO3S/c1-15(20)19(23(2,21)22)18(17-11-7-4-8-12-17)14-13-16-9-5-3-6-10-16/h3-12,18H,1-2H3. The Balaban J connectivity index is 2.53. The lowest BCUT2D eigenvalue weighted by Gasteiger charge is -2.25. The second-order valence-electron chi connectivity index (χ2n) is 5.03. The number of hydrogen-bond acceptors (Lipinski definition) is 3. The van der Waals surface area contributed by atoms with E-state index in [0.29, 0.717) is 5.56 Å². The zero-order valence-corrected chi connectivity index (χ0v) is 13.7. The third-order valence-corrected chi connectivity index (χ3v) is 4.33. The van der Waals surface area contributed by atoms with E-state index in [1.807, 2.05) is 36.4 Å². The van der Waals surface area contributed by atoms with Crippen molar-refractivity contribution >= 4 is 15.9 Å². The van der Waals surface area contributed by atoms with Crippen LogP contribution in [0.5, 0.6) is 0 Å². The molecule has 0 spiro atoms. The van der Waals surface area contributed by atoms with Crippen molar-refractivity contribution in [3.05, 3.63) is 71.8 Å². The molecule has 2 rings (SSSR count). The molecule has 0 saturated carbocycles. The maximum Gasteiger partial charge on any atom is 0.235 e. The van der Waals surface area contributed by atoms with Crippen LogP contribution in [0, 0.1) is 11.8 Å². The number of nitrogens with zero attached hydrogens (tertiary/aromatic N) is 1. The molecule has 1 atom stereocenters. The number of carbonyl (C=O) groups is 1. The Morgan fingerprint density at radius 3 is 2.00 bits per heavy atom. The van der Waals surface area contributed by atoms with Gasteiger partial charge in [0, 0.05) is 12.5 Å². The Labute approximate surface area is 136 Å². The molecule has 0 aromatic heterocycles. The lowest BCUT2D eigenvalue weighted by molar-refractivity contribution is -0.125. The highest BCUT2D eigenvalue weighted by Crippen LogP contribution is 2.23. The zero-order chi connectivity index (χ0) is 16.9. The fourth-order valence-electron chi connectivity index (χ4n) is 2.19. The quantitative estimate of drug-likeness (QED) is 0.814. The van der Waals surface area contributed by atoms with Gasteiger partial charge in [0.15, 0.2) is 0 Å². The summed E-state index contributed by atoms with van der Waals surface area (Å²) in [4.78, 5) is 11.9. The first-order valence-corrected chi connectivity index (χ1v) is 8.86. The van der Waals surface area contributed by atoms with E-state index in [1.54, 1.807) is 24.3 Å². The summed E-state index contributed by atoms with van der Waals surface area (Å²) in [6.07, 6.45) is 1.01. The van der Waals surface area contributed by atoms with E-state index < -0.39 is 22.0 Å². The van der Waals surface area contributed by atoms with Crippen LogP contribution >= 0.6 is 0 Å². The SMILES string of the molecule is CC(=O)N(C(C#Cc1ccccc1)c1ccccc1)S(C)(=O)=O. The molecule has 0 fully saturated rings. The minimum absolute atomic E-state index is 0.566. The van der Waals surface area contributed by atoms with E-state index in [1.165, 1.54) is 6.92 Å². The summed E-state index contributed by atoms with van der Waals surface area (Å²) in [6.45, 7) is 1.22. The van der Waals surface area contributed by atoms with Crippen molar-refractivity contribution in [3.8, 4) is 11.8 Å². The molecule has 1 unspecified atom stereocenters. The molecule has 0 N–H and O–H groups in total. The highest BCUT2D eigenvalue weighted by molar-refractivity contribution is 7.88. The summed E-state index contributed by atoms with van der Waals surface area (Å²) >= 11 is 0. The molecular weight excluding hydrogens is 310 g/mol. The fourth-order valence-corrected chi connectivity index (χ4v) is 3.22. The van der Waals surface area contributed by atoms with Gasteiger partial charge in [0.25, 0.3) is 0 Å². The molecule has 0 bridgehead atoms. The van der Waals surface area contributed by atoms with Crippen LogP contribution in [-0.4, -0.2) is 24.9 Å². The summed E-state index contributed by atoms with van der Waals surface area (Å²) in [7, 11) is -3.73. The molecule has 5 heteroatoms. The second kappa shape index (κ2) is 7.12. The van der Waals surface area contributed by atoms with E-state index in [2.05, 4.69) is 11.8 Å². The molecule has 0 radical (unpaired) electrons. The number of amides is 1. The summed E-state index contributed by atoms with van der Waals surface area (Å²) in [5, 5.41) is 0. The first-order valence-electron chi connectivity index (χ1n) is 7.01. The second-order valence-corrected chi connectivity index (χ2v) is 6.89. The van der Waals surface area contributed by atoms with E-state index in [-0.39, 0.29) is 0 Å². The predicted molar refractivity (Wildman–Crippen MR) is 89.9 cm³/mol. The number of rotatable bonds is 3. The van der Waals surface area contributed by atoms with Crippen LogP contribution < -0.4 is 0 Å². The first kappa shape index (κ1) is 16.8. The van der Waals surface area contributed by atoms with Gasteiger partial charge < -0.3 is 0 Å². The molecule has 0 saturated heterocycles. The molecular formula is C18H17NO3S. The third-order valence-electron chi connectivity index (χ3n) is 3.14. The van der Waals surface area contributed by atoms with Crippen LogP contribution in [0.4, 0.5) is 0 Å². The monoisotopic (exact) mass is 327 g/mol. The number of carbonyl (C=O) groups excluding carboxylic acids is 1. The van der Waals surface area contributed by atoms with Gasteiger partial charge in [0.2, 0.25) is 15.9 Å². The lowest BCUT2D eigenvalue weighted by atomic mass is 10.1. The Kier molecular flexibility index (Phi) is 5.20. The van der Waals surface area contributed by atoms with Crippen LogP contribution in [0.2, 0.25) is 0 Å². The summed E-state index contributed by atoms with van der Waals surface area (Å²) in [5.74, 6) is 5.29. The average Bonchev–Trinajstić information content (AvgIpc) is 2.51. The van der Waals surface area contributed by atoms with Gasteiger partial charge in [0.1, 0.15) is 6.04 Å². The molecule has 0 aliphatic heterocycles. The minimum Gasteiger partial charge on any atom is -0.274 e. The maximum absolute atomic E-state index is 12.0. The molecule has 2 aromatic rings. The highest BCUT2D eigenvalue weighted by atomic mass is 32.2. The van der Waals surface area contributed by atoms with Gasteiger partial charge in [-0.25, -0.2) is 12.7 Å². The van der Waals surface area contributed by atoms with Gasteiger partial charge in [-0.1, -0.05) is 60.4 Å². The average molecular weight is 327 g/mol. The number of sulfonamides is 1. The Hall–Kier alpha value is -2.58. The molecule has 4 nitrogen and oxygen atoms in total. The van der Waals surface area contributed by atoms with Crippen molar-refractivity contribution in [1.82, 2.24) is 4.31 Å². The van der Waals surface area contributed by atoms with E-state index in [0.717, 1.165) is 16.1 Å². The fraction of sp³-hybridized carbons (Fsp3) is 0.167. The smallest absolute Gasteiger partial charge is 0.235 e. The Morgan fingerprint density at radius 2 is 1.52 bits per heavy atom. The number of benzene rings is 2. The normalized spacial score (nSPS) is 11.9. The van der Waals surface area contributed by atoms with Gasteiger partial charge in [0.05, 0.1) is 6.26 Å². The summed E-state index contributed by atoms with van der Waals surface area (Å²) < 4.78 is 24.9. The molecule has 0 aliphatic carbocycles. The van der Waals surface area contributed by atoms with Crippen molar-refractivity contribution in [2.24, 2.45) is 0 Å². The third kappa shape index (κ3) is 4.44. The largest absolute Gasteiger partial charge is 0.274 e. The molecule has 0 aliphatic rings. The molecule has 2 aromatic carbocycles. The first-order chi connectivity index (χ1) is 10.9. The van der Waals surface area contributed by atoms with Crippen LogP contribution in [0.25, 0.3) is 0 Å². The van der Waals surface area contributed by atoms with Crippen LogP contribution in [0.1, 0.15) is 24.1 Å². The van der Waals surface area contributed by atoms with Crippen molar-refractivity contribution in [1.29, 1.82) is 0 Å². The van der Waals surface area contributed by atoms with E-state index in [4.69, 9.17) is 0 Å². The van der Waals surface area contributed by atoms with Gasteiger partial charge >= 0.3 is 0 Å². The topological polar surface area (TPSA) is 54.5 Å². The molecule has 23 heavy (non-hydrogen) atoms. The van der Waals surface area contributed by atoms with Crippen LogP contribution in [-0.2, 0) is 14.8 Å². The minimum atomic E-state index is -3.73. The zero-order valence-electron chi connectivity index (χ0n) is 12.9. The number of hydrogen-bond donors (Lipinski definition) is 0. The van der Waals surface area contributed by atoms with Crippen LogP contribution in [0.15, 0.2) is 60.7 Å². The van der Waals surface area contributed by atoms with Crippen LogP contribution in [0.3, 0.4) is 0 Å². The van der Waals surface area contributed by atoms with Crippen molar-refractivity contribution < 1.29 is 13.2 Å². The lowest BCUT2D eigenvalue weighted by Crippen LogP contribution is -2.37.